The molecule has 15 atom stereocenters. The lowest BCUT2D eigenvalue weighted by molar-refractivity contribution is -0.137. The Bertz CT molecular complexity index is 3190. The highest BCUT2D eigenvalue weighted by atomic mass is 16.3. The molecule has 0 saturated carbocycles. The van der Waals surface area contributed by atoms with Crippen molar-refractivity contribution in [2.24, 2.45) is 70.5 Å². The number of carbonyl (C=O) groups is 13. The van der Waals surface area contributed by atoms with E-state index in [1.807, 2.05) is 55.4 Å². The van der Waals surface area contributed by atoms with Gasteiger partial charge in [0.25, 0.3) is 11.8 Å². The van der Waals surface area contributed by atoms with E-state index in [4.69, 9.17) is 17.2 Å². The molecule has 0 aromatic heterocycles. The Labute approximate surface area is 671 Å². The van der Waals surface area contributed by atoms with Crippen molar-refractivity contribution in [3.8, 4) is 5.75 Å². The van der Waals surface area contributed by atoms with Crippen LogP contribution in [0.5, 0.6) is 5.75 Å². The van der Waals surface area contributed by atoms with Crippen LogP contribution in [-0.2, 0) is 68.7 Å². The van der Waals surface area contributed by atoms with Crippen LogP contribution in [0.3, 0.4) is 0 Å². The molecular formula is C81H144N16O16. The zero-order valence-electron chi connectivity index (χ0n) is 70.9. The van der Waals surface area contributed by atoms with Crippen molar-refractivity contribution in [1.82, 2.24) is 69.1 Å². The van der Waals surface area contributed by atoms with Crippen LogP contribution in [0.15, 0.2) is 36.0 Å². The Morgan fingerprint density at radius 2 is 0.681 bits per heavy atom. The summed E-state index contributed by atoms with van der Waals surface area (Å²) in [6.07, 6.45) is 3.65. The fourth-order valence-corrected chi connectivity index (χ4v) is 12.3. The molecule has 0 fully saturated rings. The average molecular weight is 1600 g/mol. The van der Waals surface area contributed by atoms with Crippen molar-refractivity contribution in [3.05, 3.63) is 41.6 Å². The van der Waals surface area contributed by atoms with E-state index < -0.39 is 185 Å². The Kier molecular flexibility index (Phi) is 48.8. The monoisotopic (exact) mass is 1600 g/mol. The smallest absolute Gasteiger partial charge is 0.268 e. The van der Waals surface area contributed by atoms with Gasteiger partial charge >= 0.3 is 0 Å². The number of allylic oxidation sites excluding steroid dienone is 1. The molecule has 32 nitrogen and oxygen atoms in total. The largest absolute Gasteiger partial charge is 0.508 e. The summed E-state index contributed by atoms with van der Waals surface area (Å²) >= 11 is 0. The summed E-state index contributed by atoms with van der Waals surface area (Å²) in [6, 6.07) is -8.60. The van der Waals surface area contributed by atoms with E-state index in [0.29, 0.717) is 56.9 Å². The standard InChI is InChI=1S/C81H144N16O16/c1-20-51(18)67(97-72(104)57(30-24-27-37-83)87-73(105)59(39-44(4)5)89-69(101)55(22-3)85-81(113)68(100)52(19)21-2)80(112)96-66(50(16)17)79(111)95-65(49(14)15)77(109)88-58(31-25-28-38-84)71(103)94-64(48(12)13)78(110)92-61(41-46(8)9)74(106)86-56(29-23-26-36-82)70(102)91-62(42-53-32-34-54(99)35-33-53)76(108)90-60(40-45(6)7)75(107)93-63(43-98)47(10)11/h22,32-35,44-52,56-68,98-100H,20-21,23-31,36-43,82-84H2,1-19H3,(H,85,113)(H,86,106)(H,87,105)(H,88,109)(H,89,101)(H,90,108)(H,91,102)(H,92,110)(H,93,107)(H,94,103)(H,95,111)(H,96,112)(H,97,104)/b55-22+/t51-,52-,56-,57-,58-,59-,60-,61-,62-,63+,64-,65-,66-,67-,68-/m0/s1. The second-order valence-corrected chi connectivity index (χ2v) is 32.6. The molecule has 0 radical (unpaired) electrons. The van der Waals surface area contributed by atoms with Crippen LogP contribution in [0.4, 0.5) is 0 Å². The number of aliphatic hydroxyl groups excluding tert-OH is 2. The van der Waals surface area contributed by atoms with Gasteiger partial charge in [0.05, 0.1) is 12.6 Å². The Hall–Kier alpha value is -8.33. The number of nitrogens with two attached hydrogens (primary N) is 3. The molecule has 0 heterocycles. The zero-order chi connectivity index (χ0) is 86.1. The normalized spacial score (nSPS) is 15.8. The highest BCUT2D eigenvalue weighted by Crippen LogP contribution is 2.19. The van der Waals surface area contributed by atoms with Gasteiger partial charge in [0, 0.05) is 6.42 Å². The molecule has 0 aliphatic rings. The van der Waals surface area contributed by atoms with Crippen molar-refractivity contribution in [2.45, 2.75) is 306 Å². The zero-order valence-corrected chi connectivity index (χ0v) is 70.9. The van der Waals surface area contributed by atoms with Crippen LogP contribution in [0, 0.1) is 53.3 Å². The quantitative estimate of drug-likeness (QED) is 0.0329. The van der Waals surface area contributed by atoms with Crippen LogP contribution in [0.2, 0.25) is 0 Å². The van der Waals surface area contributed by atoms with Gasteiger partial charge in [-0.1, -0.05) is 156 Å². The van der Waals surface area contributed by atoms with Gasteiger partial charge in [-0.3, -0.25) is 62.3 Å². The summed E-state index contributed by atoms with van der Waals surface area (Å²) in [5, 5.41) is 66.5. The van der Waals surface area contributed by atoms with Gasteiger partial charge in [0.15, 0.2) is 0 Å². The lowest BCUT2D eigenvalue weighted by atomic mass is 9.95. The first-order valence-electron chi connectivity index (χ1n) is 40.9. The van der Waals surface area contributed by atoms with E-state index in [1.165, 1.54) is 25.1 Å². The third-order valence-corrected chi connectivity index (χ3v) is 19.9. The first-order chi connectivity index (χ1) is 53.1. The van der Waals surface area contributed by atoms with Crippen LogP contribution in [-0.4, -0.2) is 197 Å². The fourth-order valence-electron chi connectivity index (χ4n) is 12.3. The van der Waals surface area contributed by atoms with Crippen molar-refractivity contribution in [3.63, 3.8) is 0 Å². The molecule has 113 heavy (non-hydrogen) atoms. The van der Waals surface area contributed by atoms with Gasteiger partial charge < -0.3 is 102 Å². The molecule has 0 saturated heterocycles. The van der Waals surface area contributed by atoms with Gasteiger partial charge in [-0.2, -0.15) is 0 Å². The highest BCUT2D eigenvalue weighted by Gasteiger charge is 2.40. The maximum Gasteiger partial charge on any atom is 0.268 e. The van der Waals surface area contributed by atoms with Crippen molar-refractivity contribution in [1.29, 1.82) is 0 Å². The second-order valence-electron chi connectivity index (χ2n) is 32.6. The van der Waals surface area contributed by atoms with Gasteiger partial charge in [0.2, 0.25) is 65.0 Å². The molecule has 0 spiro atoms. The number of amides is 13. The van der Waals surface area contributed by atoms with Crippen LogP contribution < -0.4 is 86.3 Å². The lowest BCUT2D eigenvalue weighted by Crippen LogP contribution is -2.62. The van der Waals surface area contributed by atoms with E-state index in [1.54, 1.807) is 81.4 Å². The fraction of sp³-hybridized carbons (Fsp3) is 0.741. The molecule has 0 aliphatic carbocycles. The van der Waals surface area contributed by atoms with Crippen molar-refractivity contribution < 1.29 is 77.6 Å². The van der Waals surface area contributed by atoms with Crippen molar-refractivity contribution >= 4 is 76.8 Å². The number of hydrogen-bond acceptors (Lipinski definition) is 19. The molecule has 13 amide bonds. The van der Waals surface area contributed by atoms with E-state index in [2.05, 4.69) is 69.1 Å². The molecule has 32 heteroatoms. The minimum Gasteiger partial charge on any atom is -0.508 e. The van der Waals surface area contributed by atoms with Gasteiger partial charge in [-0.05, 0) is 175 Å². The molecule has 1 rings (SSSR count). The number of aliphatic hydroxyl groups is 2. The van der Waals surface area contributed by atoms with Gasteiger partial charge in [-0.25, -0.2) is 0 Å². The molecular weight excluding hydrogens is 1450 g/mol. The Morgan fingerprint density at radius 3 is 1.04 bits per heavy atom. The van der Waals surface area contributed by atoms with Crippen LogP contribution >= 0.6 is 0 Å². The Balaban J connectivity index is 3.66. The van der Waals surface area contributed by atoms with E-state index in [0.717, 1.165) is 0 Å². The van der Waals surface area contributed by atoms with Gasteiger partial charge in [0.1, 0.15) is 84.0 Å². The molecule has 1 aromatic rings. The summed E-state index contributed by atoms with van der Waals surface area (Å²) < 4.78 is 0. The molecule has 1 aromatic carbocycles. The number of hydrogen-bond donors (Lipinski definition) is 19. The maximum absolute atomic E-state index is 14.7. The topological polar surface area (TPSA) is 517 Å². The second kappa shape index (κ2) is 53.7. The molecule has 0 aliphatic heterocycles. The number of aromatic hydroxyl groups is 1. The van der Waals surface area contributed by atoms with Crippen molar-refractivity contribution in [2.75, 3.05) is 26.2 Å². The number of phenols is 1. The lowest BCUT2D eigenvalue weighted by Gasteiger charge is -2.31. The Morgan fingerprint density at radius 1 is 0.372 bits per heavy atom. The number of benzene rings is 1. The van der Waals surface area contributed by atoms with E-state index in [-0.39, 0.29) is 106 Å². The molecule has 0 bridgehead atoms. The van der Waals surface area contributed by atoms with E-state index >= 15 is 0 Å². The molecule has 0 unspecified atom stereocenters. The predicted octanol–water partition coefficient (Wildman–Crippen LogP) is 2.37. The highest BCUT2D eigenvalue weighted by molar-refractivity contribution is 6.02. The number of rotatable bonds is 55. The number of phenolic OH excluding ortho intramolecular Hbond substituents is 1. The molecule has 644 valence electrons. The van der Waals surface area contributed by atoms with E-state index in [9.17, 15) is 77.6 Å². The van der Waals surface area contributed by atoms with Crippen LogP contribution in [0.1, 0.15) is 227 Å². The predicted molar refractivity (Wildman–Crippen MR) is 435 cm³/mol. The SMILES string of the molecule is C/C=C(/NC(=O)[C@@H](O)[C@@H](C)CC)C(=O)N[C@@H](CC(C)C)C(=O)N[C@@H](CCCCN)C(=O)N[C@H](C(=O)N[C@H](C(=O)N[C@H](C(=O)N[C@@H](CCCCN)C(=O)N[C@H](C(=O)N[C@@H](CC(C)C)C(=O)N[C@@H](CCCCN)C(=O)N[C@@H](Cc1ccc(O)cc1)C(=O)N[C@@H](CC(C)C)C(=O)N[C@H](CO)C(C)C)C(C)C)C(C)C)C(C)C)[C@@H](C)CC. The minimum atomic E-state index is -1.40. The summed E-state index contributed by atoms with van der Waals surface area (Å²) in [7, 11) is 0. The summed E-state index contributed by atoms with van der Waals surface area (Å²) in [4.78, 5) is 186. The summed E-state index contributed by atoms with van der Waals surface area (Å²) in [6.45, 7) is 33.6. The number of nitrogens with one attached hydrogen (secondary N) is 13. The average Bonchev–Trinajstić information content (AvgIpc) is 0.841. The third-order valence-electron chi connectivity index (χ3n) is 19.9. The molecule has 22 N–H and O–H groups in total. The summed E-state index contributed by atoms with van der Waals surface area (Å²) in [5.41, 5.74) is 18.0. The summed E-state index contributed by atoms with van der Waals surface area (Å²) in [5.74, 6) is -13.2. The first kappa shape index (κ1) is 103. The van der Waals surface area contributed by atoms with Gasteiger partial charge in [-0.15, -0.1) is 0 Å². The first-order valence-corrected chi connectivity index (χ1v) is 40.9. The number of unbranched alkanes of at least 4 members (excludes halogenated alkanes) is 3. The van der Waals surface area contributed by atoms with Crippen LogP contribution in [0.25, 0.3) is 0 Å². The third kappa shape index (κ3) is 37.7. The minimum absolute atomic E-state index is 0.0319. The number of carbonyl (C=O) groups excluding carboxylic acids is 13. The maximum atomic E-state index is 14.7.